The van der Waals surface area contributed by atoms with E-state index in [9.17, 15) is 9.59 Å². The van der Waals surface area contributed by atoms with Crippen LogP contribution in [0.3, 0.4) is 0 Å². The standard InChI is InChI=1S/C27H29N3O4/c1-18-10-12-19(13-11-18)27(32)30-16-22(21-8-6-9-24(33-2)25(21)34-3)23(17-30)26(31)29-15-20-7-4-5-14-28-20/h4-14,22-23H,15-17H2,1-3H3,(H,29,31). The van der Waals surface area contributed by atoms with Crippen molar-refractivity contribution in [3.05, 3.63) is 89.2 Å². The number of pyridine rings is 1. The number of amides is 2. The second-order valence-corrected chi connectivity index (χ2v) is 8.41. The highest BCUT2D eigenvalue weighted by Gasteiger charge is 2.42. The van der Waals surface area contributed by atoms with Crippen molar-refractivity contribution >= 4 is 11.8 Å². The van der Waals surface area contributed by atoms with Crippen LogP contribution in [0.1, 0.15) is 33.1 Å². The monoisotopic (exact) mass is 459 g/mol. The van der Waals surface area contributed by atoms with Gasteiger partial charge in [0, 0.05) is 36.3 Å². The Balaban J connectivity index is 1.62. The normalized spacial score (nSPS) is 17.3. The van der Waals surface area contributed by atoms with Gasteiger partial charge in [0.2, 0.25) is 5.91 Å². The molecule has 0 bridgehead atoms. The molecule has 7 heteroatoms. The summed E-state index contributed by atoms with van der Waals surface area (Å²) >= 11 is 0. The summed E-state index contributed by atoms with van der Waals surface area (Å²) in [7, 11) is 3.17. The van der Waals surface area contributed by atoms with Gasteiger partial charge in [-0.2, -0.15) is 0 Å². The minimum Gasteiger partial charge on any atom is -0.493 e. The zero-order chi connectivity index (χ0) is 24.1. The predicted octanol–water partition coefficient (Wildman–Crippen LogP) is 3.58. The van der Waals surface area contributed by atoms with Crippen LogP contribution in [0, 0.1) is 12.8 Å². The highest BCUT2D eigenvalue weighted by molar-refractivity contribution is 5.95. The third kappa shape index (κ3) is 4.88. The van der Waals surface area contributed by atoms with Crippen LogP contribution in [0.5, 0.6) is 11.5 Å². The number of aryl methyl sites for hydroxylation is 1. The smallest absolute Gasteiger partial charge is 0.253 e. The van der Waals surface area contributed by atoms with Crippen LogP contribution >= 0.6 is 0 Å². The van der Waals surface area contributed by atoms with E-state index in [2.05, 4.69) is 10.3 Å². The highest BCUT2D eigenvalue weighted by atomic mass is 16.5. The molecule has 1 N–H and O–H groups in total. The van der Waals surface area contributed by atoms with Gasteiger partial charge < -0.3 is 19.7 Å². The van der Waals surface area contributed by atoms with Crippen molar-refractivity contribution in [1.82, 2.24) is 15.2 Å². The number of benzene rings is 2. The molecule has 2 heterocycles. The molecule has 0 saturated carbocycles. The summed E-state index contributed by atoms with van der Waals surface area (Å²) in [5, 5.41) is 3.00. The van der Waals surface area contributed by atoms with Crippen LogP contribution in [-0.4, -0.2) is 49.0 Å². The van der Waals surface area contributed by atoms with Crippen molar-refractivity contribution < 1.29 is 19.1 Å². The Kier molecular flexibility index (Phi) is 7.11. The molecule has 4 rings (SSSR count). The minimum atomic E-state index is -0.445. The number of nitrogens with one attached hydrogen (secondary N) is 1. The van der Waals surface area contributed by atoms with E-state index in [-0.39, 0.29) is 17.7 Å². The first-order chi connectivity index (χ1) is 16.5. The molecule has 1 saturated heterocycles. The van der Waals surface area contributed by atoms with Gasteiger partial charge in [-0.25, -0.2) is 0 Å². The Morgan fingerprint density at radius 1 is 1.00 bits per heavy atom. The molecule has 176 valence electrons. The highest BCUT2D eigenvalue weighted by Crippen LogP contribution is 2.42. The number of carbonyl (C=O) groups excluding carboxylic acids is 2. The number of carbonyl (C=O) groups is 2. The number of likely N-dealkylation sites (tertiary alicyclic amines) is 1. The molecule has 0 radical (unpaired) electrons. The average molecular weight is 460 g/mol. The summed E-state index contributed by atoms with van der Waals surface area (Å²) in [6.45, 7) is 3.02. The van der Waals surface area contributed by atoms with Gasteiger partial charge in [0.05, 0.1) is 32.4 Å². The first-order valence-electron chi connectivity index (χ1n) is 11.3. The molecule has 1 aromatic heterocycles. The van der Waals surface area contributed by atoms with Crippen molar-refractivity contribution in [3.8, 4) is 11.5 Å². The Hall–Kier alpha value is -3.87. The van der Waals surface area contributed by atoms with E-state index in [1.54, 1.807) is 25.3 Å². The lowest BCUT2D eigenvalue weighted by atomic mass is 9.87. The van der Waals surface area contributed by atoms with Crippen LogP contribution in [0.15, 0.2) is 66.9 Å². The zero-order valence-electron chi connectivity index (χ0n) is 19.7. The van der Waals surface area contributed by atoms with Crippen LogP contribution in [-0.2, 0) is 11.3 Å². The second-order valence-electron chi connectivity index (χ2n) is 8.41. The molecule has 2 aromatic carbocycles. The van der Waals surface area contributed by atoms with Crippen LogP contribution in [0.25, 0.3) is 0 Å². The summed E-state index contributed by atoms with van der Waals surface area (Å²) in [5.74, 6) is 0.270. The molecular weight excluding hydrogens is 430 g/mol. The van der Waals surface area contributed by atoms with Crippen molar-refractivity contribution in [1.29, 1.82) is 0 Å². The summed E-state index contributed by atoms with van der Waals surface area (Å²) in [5.41, 5.74) is 3.32. The molecule has 0 aliphatic carbocycles. The number of rotatable bonds is 7. The number of aromatic nitrogens is 1. The summed E-state index contributed by atoms with van der Waals surface area (Å²) < 4.78 is 11.1. The van der Waals surface area contributed by atoms with Gasteiger partial charge in [-0.15, -0.1) is 0 Å². The fourth-order valence-electron chi connectivity index (χ4n) is 4.44. The largest absolute Gasteiger partial charge is 0.493 e. The van der Waals surface area contributed by atoms with Crippen molar-refractivity contribution in [2.24, 2.45) is 5.92 Å². The maximum atomic E-state index is 13.4. The van der Waals surface area contributed by atoms with Crippen molar-refractivity contribution in [2.45, 2.75) is 19.4 Å². The molecule has 2 atom stereocenters. The third-order valence-corrected chi connectivity index (χ3v) is 6.25. The average Bonchev–Trinajstić information content (AvgIpc) is 3.32. The van der Waals surface area contributed by atoms with Gasteiger partial charge in [0.1, 0.15) is 0 Å². The second kappa shape index (κ2) is 10.4. The fraction of sp³-hybridized carbons (Fsp3) is 0.296. The fourth-order valence-corrected chi connectivity index (χ4v) is 4.44. The van der Waals surface area contributed by atoms with E-state index in [4.69, 9.17) is 9.47 Å². The van der Waals surface area contributed by atoms with Crippen LogP contribution < -0.4 is 14.8 Å². The molecule has 3 aromatic rings. The molecule has 2 unspecified atom stereocenters. The minimum absolute atomic E-state index is 0.0908. The Bertz CT molecular complexity index is 1150. The number of nitrogens with zero attached hydrogens (tertiary/aromatic N) is 2. The maximum absolute atomic E-state index is 13.4. The molecule has 1 aliphatic rings. The summed E-state index contributed by atoms with van der Waals surface area (Å²) in [6.07, 6.45) is 1.70. The van der Waals surface area contributed by atoms with E-state index in [1.165, 1.54) is 0 Å². The number of ether oxygens (including phenoxy) is 2. The molecule has 1 aliphatic heterocycles. The quantitative estimate of drug-likeness (QED) is 0.584. The van der Waals surface area contributed by atoms with E-state index >= 15 is 0 Å². The summed E-state index contributed by atoms with van der Waals surface area (Å²) in [6, 6.07) is 18.7. The Morgan fingerprint density at radius 2 is 1.79 bits per heavy atom. The third-order valence-electron chi connectivity index (χ3n) is 6.25. The molecule has 2 amide bonds. The van der Waals surface area contributed by atoms with Crippen LogP contribution in [0.4, 0.5) is 0 Å². The van der Waals surface area contributed by atoms with Gasteiger partial charge >= 0.3 is 0 Å². The molecular formula is C27H29N3O4. The van der Waals surface area contributed by atoms with Crippen molar-refractivity contribution in [2.75, 3.05) is 27.3 Å². The molecule has 34 heavy (non-hydrogen) atoms. The van der Waals surface area contributed by atoms with Gasteiger partial charge in [0.15, 0.2) is 11.5 Å². The molecule has 7 nitrogen and oxygen atoms in total. The SMILES string of the molecule is COc1cccc(C2CN(C(=O)c3ccc(C)cc3)CC2C(=O)NCc2ccccn2)c1OC. The van der Waals surface area contributed by atoms with Gasteiger partial charge in [-0.1, -0.05) is 35.9 Å². The van der Waals surface area contributed by atoms with E-state index < -0.39 is 5.92 Å². The van der Waals surface area contributed by atoms with Gasteiger partial charge in [0.25, 0.3) is 5.91 Å². The predicted molar refractivity (Wildman–Crippen MR) is 129 cm³/mol. The first kappa shape index (κ1) is 23.3. The Labute approximate surface area is 199 Å². The Morgan fingerprint density at radius 3 is 2.47 bits per heavy atom. The first-order valence-corrected chi connectivity index (χ1v) is 11.3. The lowest BCUT2D eigenvalue weighted by Gasteiger charge is -2.21. The van der Waals surface area contributed by atoms with E-state index in [0.29, 0.717) is 36.7 Å². The molecule has 0 spiro atoms. The number of hydrogen-bond donors (Lipinski definition) is 1. The summed E-state index contributed by atoms with van der Waals surface area (Å²) in [4.78, 5) is 32.7. The van der Waals surface area contributed by atoms with Crippen LogP contribution in [0.2, 0.25) is 0 Å². The van der Waals surface area contributed by atoms with Crippen molar-refractivity contribution in [3.63, 3.8) is 0 Å². The van der Waals surface area contributed by atoms with E-state index in [1.807, 2.05) is 67.6 Å². The maximum Gasteiger partial charge on any atom is 0.253 e. The van der Waals surface area contributed by atoms with Gasteiger partial charge in [-0.3, -0.25) is 14.6 Å². The number of methoxy groups -OCH3 is 2. The lowest BCUT2D eigenvalue weighted by Crippen LogP contribution is -2.35. The lowest BCUT2D eigenvalue weighted by molar-refractivity contribution is -0.125. The van der Waals surface area contributed by atoms with E-state index in [0.717, 1.165) is 16.8 Å². The van der Waals surface area contributed by atoms with Gasteiger partial charge in [-0.05, 0) is 37.3 Å². The number of para-hydroxylation sites is 1. The topological polar surface area (TPSA) is 80.8 Å². The zero-order valence-corrected chi connectivity index (χ0v) is 19.7. The molecule has 1 fully saturated rings. The number of hydrogen-bond acceptors (Lipinski definition) is 5.